The van der Waals surface area contributed by atoms with E-state index >= 15 is 0 Å². The van der Waals surface area contributed by atoms with E-state index in [1.54, 1.807) is 4.90 Å². The highest BCUT2D eigenvalue weighted by Crippen LogP contribution is 2.15. The zero-order valence-corrected chi connectivity index (χ0v) is 13.9. The largest absolute Gasteiger partial charge is 0.368 e. The minimum absolute atomic E-state index is 0.0296. The van der Waals surface area contributed by atoms with Crippen molar-refractivity contribution in [2.75, 3.05) is 44.6 Å². The smallest absolute Gasteiger partial charge is 0.279 e. The quantitative estimate of drug-likeness (QED) is 0.788. The van der Waals surface area contributed by atoms with E-state index in [1.165, 1.54) is 6.07 Å². The molecule has 136 valence electrons. The van der Waals surface area contributed by atoms with Crippen LogP contribution in [0.3, 0.4) is 0 Å². The molecule has 2 fully saturated rings. The van der Waals surface area contributed by atoms with Crippen molar-refractivity contribution >= 4 is 17.5 Å². The van der Waals surface area contributed by atoms with Crippen LogP contribution in [0.25, 0.3) is 0 Å². The molecule has 0 aliphatic carbocycles. The average Bonchev–Trinajstić information content (AvgIpc) is 3.12. The summed E-state index contributed by atoms with van der Waals surface area (Å²) in [5.74, 6) is -1.78. The third-order valence-corrected chi connectivity index (χ3v) is 4.60. The highest BCUT2D eigenvalue weighted by atomic mass is 19.1. The number of carbonyl (C=O) groups excluding carboxylic acids is 2. The Bertz CT molecular complexity index is 642. The number of quaternary nitrogens is 1. The number of piperazine rings is 1. The molecule has 2 amide bonds. The van der Waals surface area contributed by atoms with Crippen molar-refractivity contribution < 1.29 is 28.0 Å². The molecule has 1 aromatic rings. The number of hydrogen-bond donors (Lipinski definition) is 2. The summed E-state index contributed by atoms with van der Waals surface area (Å²) in [6.07, 6.45) is 1.38. The second-order valence-corrected chi connectivity index (χ2v) is 6.43. The van der Waals surface area contributed by atoms with Gasteiger partial charge in [0.15, 0.2) is 6.54 Å². The lowest BCUT2D eigenvalue weighted by molar-refractivity contribution is -0.895. The van der Waals surface area contributed by atoms with Gasteiger partial charge in [-0.2, -0.15) is 0 Å². The fourth-order valence-electron chi connectivity index (χ4n) is 3.21. The third kappa shape index (κ3) is 4.52. The number of rotatable bonds is 4. The predicted octanol–water partition coefficient (Wildman–Crippen LogP) is -0.191. The molecule has 3 rings (SSSR count). The predicted molar refractivity (Wildman–Crippen MR) is 86.1 cm³/mol. The molecular weight excluding hydrogens is 332 g/mol. The molecule has 0 saturated carbocycles. The van der Waals surface area contributed by atoms with Crippen LogP contribution < -0.4 is 10.2 Å². The molecule has 1 atom stereocenters. The van der Waals surface area contributed by atoms with Gasteiger partial charge in [0, 0.05) is 12.7 Å². The maximum absolute atomic E-state index is 13.6. The van der Waals surface area contributed by atoms with Crippen molar-refractivity contribution in [3.05, 3.63) is 29.8 Å². The number of nitrogens with zero attached hydrogens (tertiary/aromatic N) is 1. The van der Waals surface area contributed by atoms with Crippen molar-refractivity contribution in [2.45, 2.75) is 18.9 Å². The van der Waals surface area contributed by atoms with Crippen LogP contribution in [0.15, 0.2) is 18.2 Å². The van der Waals surface area contributed by atoms with E-state index in [4.69, 9.17) is 4.74 Å². The van der Waals surface area contributed by atoms with E-state index in [9.17, 15) is 18.4 Å². The molecular formula is C17H22F2N3O3+. The summed E-state index contributed by atoms with van der Waals surface area (Å²) < 4.78 is 31.9. The number of benzene rings is 1. The fraction of sp³-hybridized carbons (Fsp3) is 0.529. The van der Waals surface area contributed by atoms with Crippen molar-refractivity contribution in [3.63, 3.8) is 0 Å². The second-order valence-electron chi connectivity index (χ2n) is 6.43. The Labute approximate surface area is 144 Å². The Morgan fingerprint density at radius 1 is 1.28 bits per heavy atom. The molecule has 25 heavy (non-hydrogen) atoms. The van der Waals surface area contributed by atoms with Crippen LogP contribution in [0, 0.1) is 11.6 Å². The topological polar surface area (TPSA) is 63.1 Å². The van der Waals surface area contributed by atoms with Gasteiger partial charge in [-0.1, -0.05) is 0 Å². The van der Waals surface area contributed by atoms with Gasteiger partial charge < -0.3 is 19.9 Å². The second kappa shape index (κ2) is 7.88. The van der Waals surface area contributed by atoms with E-state index < -0.39 is 11.6 Å². The Hall–Kier alpha value is -2.06. The highest BCUT2D eigenvalue weighted by molar-refractivity contribution is 5.91. The van der Waals surface area contributed by atoms with Gasteiger partial charge in [0.2, 0.25) is 0 Å². The SMILES string of the molecule is O=C(C[NH+]1CCN(C(=O)[C@H]2CCCO2)CC1)Nc1ccc(F)cc1F. The zero-order valence-electron chi connectivity index (χ0n) is 13.9. The summed E-state index contributed by atoms with van der Waals surface area (Å²) in [6.45, 7) is 3.27. The van der Waals surface area contributed by atoms with E-state index in [1.807, 2.05) is 0 Å². The van der Waals surface area contributed by atoms with Crippen LogP contribution in [-0.2, 0) is 14.3 Å². The summed E-state index contributed by atoms with van der Waals surface area (Å²) in [7, 11) is 0. The minimum atomic E-state index is -0.796. The van der Waals surface area contributed by atoms with Crippen molar-refractivity contribution in [2.24, 2.45) is 0 Å². The molecule has 2 saturated heterocycles. The molecule has 0 radical (unpaired) electrons. The number of nitrogens with one attached hydrogen (secondary N) is 2. The molecule has 0 unspecified atom stereocenters. The first-order valence-corrected chi connectivity index (χ1v) is 8.52. The lowest BCUT2D eigenvalue weighted by Gasteiger charge is -2.33. The highest BCUT2D eigenvalue weighted by Gasteiger charge is 2.32. The number of halogens is 2. The Morgan fingerprint density at radius 3 is 2.68 bits per heavy atom. The maximum atomic E-state index is 13.6. The molecule has 1 aromatic carbocycles. The summed E-state index contributed by atoms with van der Waals surface area (Å²) in [6, 6.07) is 3.04. The number of amides is 2. The fourth-order valence-corrected chi connectivity index (χ4v) is 3.21. The van der Waals surface area contributed by atoms with E-state index in [2.05, 4.69) is 5.32 Å². The van der Waals surface area contributed by atoms with E-state index in [0.29, 0.717) is 32.8 Å². The van der Waals surface area contributed by atoms with Gasteiger partial charge in [0.25, 0.3) is 11.8 Å². The minimum Gasteiger partial charge on any atom is -0.368 e. The molecule has 2 aliphatic rings. The van der Waals surface area contributed by atoms with Crippen molar-refractivity contribution in [1.82, 2.24) is 4.90 Å². The molecule has 0 bridgehead atoms. The summed E-state index contributed by atoms with van der Waals surface area (Å²) in [4.78, 5) is 27.1. The van der Waals surface area contributed by atoms with Crippen molar-refractivity contribution in [3.8, 4) is 0 Å². The lowest BCUT2D eigenvalue weighted by atomic mass is 10.2. The molecule has 6 nitrogen and oxygen atoms in total. The zero-order chi connectivity index (χ0) is 17.8. The monoisotopic (exact) mass is 354 g/mol. The van der Waals surface area contributed by atoms with Gasteiger partial charge in [-0.3, -0.25) is 9.59 Å². The first kappa shape index (κ1) is 17.8. The van der Waals surface area contributed by atoms with Crippen molar-refractivity contribution in [1.29, 1.82) is 0 Å². The van der Waals surface area contributed by atoms with Gasteiger partial charge in [-0.05, 0) is 25.0 Å². The van der Waals surface area contributed by atoms with Crippen LogP contribution in [0.1, 0.15) is 12.8 Å². The molecule has 2 aliphatic heterocycles. The first-order chi connectivity index (χ1) is 12.0. The summed E-state index contributed by atoms with van der Waals surface area (Å²) in [5, 5.41) is 2.46. The maximum Gasteiger partial charge on any atom is 0.279 e. The Balaban J connectivity index is 1.45. The van der Waals surface area contributed by atoms with Gasteiger partial charge in [-0.15, -0.1) is 0 Å². The van der Waals surface area contributed by atoms with Crippen LogP contribution in [0.4, 0.5) is 14.5 Å². The molecule has 2 N–H and O–H groups in total. The normalized spacial score (nSPS) is 21.4. The summed E-state index contributed by atoms with van der Waals surface area (Å²) >= 11 is 0. The standard InChI is InChI=1S/C17H21F2N3O3/c18-12-3-4-14(13(19)10-12)20-16(23)11-21-5-7-22(8-6-21)17(24)15-2-1-9-25-15/h3-4,10,15H,1-2,5-9,11H2,(H,20,23)/p+1/t15-/m1/s1. The van der Waals surface area contributed by atoms with Crippen LogP contribution in [-0.4, -0.2) is 62.1 Å². The molecule has 0 spiro atoms. The Morgan fingerprint density at radius 2 is 2.04 bits per heavy atom. The molecule has 2 heterocycles. The van der Waals surface area contributed by atoms with Crippen LogP contribution in [0.5, 0.6) is 0 Å². The van der Waals surface area contributed by atoms with Gasteiger partial charge in [0.1, 0.15) is 17.7 Å². The van der Waals surface area contributed by atoms with E-state index in [0.717, 1.165) is 29.9 Å². The number of anilines is 1. The number of ether oxygens (including phenoxy) is 1. The van der Waals surface area contributed by atoms with Gasteiger partial charge in [0.05, 0.1) is 31.9 Å². The number of hydrogen-bond acceptors (Lipinski definition) is 3. The molecule has 0 aromatic heterocycles. The number of carbonyl (C=O) groups is 2. The van der Waals surface area contributed by atoms with Gasteiger partial charge >= 0.3 is 0 Å². The molecule has 8 heteroatoms. The third-order valence-electron chi connectivity index (χ3n) is 4.60. The first-order valence-electron chi connectivity index (χ1n) is 8.52. The van der Waals surface area contributed by atoms with Gasteiger partial charge in [-0.25, -0.2) is 8.78 Å². The van der Waals surface area contributed by atoms with E-state index in [-0.39, 0.29) is 30.2 Å². The Kier molecular flexibility index (Phi) is 5.60. The van der Waals surface area contributed by atoms with Crippen LogP contribution in [0.2, 0.25) is 0 Å². The lowest BCUT2D eigenvalue weighted by Crippen LogP contribution is -3.15. The average molecular weight is 354 g/mol. The summed E-state index contributed by atoms with van der Waals surface area (Å²) in [5.41, 5.74) is -0.0296. The van der Waals surface area contributed by atoms with Crippen LogP contribution >= 0.6 is 0 Å².